The molecule has 220 valence electrons. The van der Waals surface area contributed by atoms with Gasteiger partial charge >= 0.3 is 5.97 Å². The molecule has 1 aromatic heterocycles. The SMILES string of the molecule is O=C(O)CCCCCC(=O)NCc1ccc([C@H]2O[C@@H](Cn3cnc4ccccc43)C[C@@H](c3ccc(CO)cc3)O2)cc1. The zero-order chi connectivity index (χ0) is 29.3. The Morgan fingerprint density at radius 3 is 2.36 bits per heavy atom. The second-order valence-electron chi connectivity index (χ2n) is 10.7. The molecule has 0 aliphatic carbocycles. The number of para-hydroxylation sites is 2. The number of benzene rings is 3. The Hall–Kier alpha value is -4.05. The molecule has 0 radical (unpaired) electrons. The van der Waals surface area contributed by atoms with Crippen LogP contribution in [-0.2, 0) is 38.8 Å². The molecule has 3 aromatic carbocycles. The maximum Gasteiger partial charge on any atom is 0.303 e. The average Bonchev–Trinajstić information content (AvgIpc) is 3.42. The van der Waals surface area contributed by atoms with E-state index in [-0.39, 0.29) is 31.1 Å². The van der Waals surface area contributed by atoms with Crippen LogP contribution in [0.3, 0.4) is 0 Å². The lowest BCUT2D eigenvalue weighted by molar-refractivity contribution is -0.252. The first-order valence-electron chi connectivity index (χ1n) is 14.5. The van der Waals surface area contributed by atoms with Crippen LogP contribution in [0.25, 0.3) is 11.0 Å². The molecule has 1 fully saturated rings. The van der Waals surface area contributed by atoms with E-state index in [4.69, 9.17) is 14.6 Å². The smallest absolute Gasteiger partial charge is 0.303 e. The van der Waals surface area contributed by atoms with Crippen LogP contribution in [0, 0.1) is 0 Å². The molecule has 1 aliphatic heterocycles. The number of carboxylic acid groups (broad SMARTS) is 1. The molecule has 9 heteroatoms. The summed E-state index contributed by atoms with van der Waals surface area (Å²) in [5.41, 5.74) is 5.73. The number of aliphatic hydroxyl groups excluding tert-OH is 1. The Morgan fingerprint density at radius 2 is 1.60 bits per heavy atom. The summed E-state index contributed by atoms with van der Waals surface area (Å²) >= 11 is 0. The molecule has 5 rings (SSSR count). The number of aliphatic carboxylic acids is 1. The van der Waals surface area contributed by atoms with Gasteiger partial charge in [-0.05, 0) is 41.7 Å². The molecule has 1 saturated heterocycles. The Balaban J connectivity index is 1.23. The van der Waals surface area contributed by atoms with Gasteiger partial charge in [0.1, 0.15) is 0 Å². The van der Waals surface area contributed by atoms with Crippen molar-refractivity contribution in [3.63, 3.8) is 0 Å². The first-order chi connectivity index (χ1) is 20.5. The number of carboxylic acids is 1. The van der Waals surface area contributed by atoms with E-state index < -0.39 is 12.3 Å². The van der Waals surface area contributed by atoms with Crippen molar-refractivity contribution < 1.29 is 29.3 Å². The van der Waals surface area contributed by atoms with Crippen LogP contribution >= 0.6 is 0 Å². The van der Waals surface area contributed by atoms with E-state index in [0.717, 1.165) is 39.7 Å². The second kappa shape index (κ2) is 14.2. The number of imidazole rings is 1. The van der Waals surface area contributed by atoms with E-state index in [0.29, 0.717) is 38.8 Å². The molecule has 1 amide bonds. The average molecular weight is 572 g/mol. The van der Waals surface area contributed by atoms with Gasteiger partial charge in [-0.25, -0.2) is 4.98 Å². The van der Waals surface area contributed by atoms with Crippen LogP contribution in [0.1, 0.15) is 73.2 Å². The third-order valence-corrected chi connectivity index (χ3v) is 7.58. The number of nitrogens with one attached hydrogen (secondary N) is 1. The van der Waals surface area contributed by atoms with Gasteiger partial charge in [0.2, 0.25) is 5.91 Å². The van der Waals surface area contributed by atoms with Crippen molar-refractivity contribution in [2.45, 2.75) is 76.7 Å². The minimum Gasteiger partial charge on any atom is -0.481 e. The number of aliphatic hydroxyl groups is 1. The van der Waals surface area contributed by atoms with Gasteiger partial charge in [-0.3, -0.25) is 9.59 Å². The third kappa shape index (κ3) is 7.82. The highest BCUT2D eigenvalue weighted by molar-refractivity contribution is 5.76. The molecule has 42 heavy (non-hydrogen) atoms. The Morgan fingerprint density at radius 1 is 0.881 bits per heavy atom. The van der Waals surface area contributed by atoms with Gasteiger partial charge in [0, 0.05) is 31.4 Å². The summed E-state index contributed by atoms with van der Waals surface area (Å²) in [5.74, 6) is -0.847. The fourth-order valence-electron chi connectivity index (χ4n) is 5.23. The van der Waals surface area contributed by atoms with Gasteiger partial charge in [0.05, 0.1) is 42.7 Å². The Labute approximate surface area is 245 Å². The van der Waals surface area contributed by atoms with E-state index in [9.17, 15) is 14.7 Å². The number of hydrogen-bond acceptors (Lipinski definition) is 6. The highest BCUT2D eigenvalue weighted by Gasteiger charge is 2.32. The molecule has 9 nitrogen and oxygen atoms in total. The molecule has 0 bridgehead atoms. The predicted octanol–water partition coefficient (Wildman–Crippen LogP) is 5.43. The second-order valence-corrected chi connectivity index (χ2v) is 10.7. The van der Waals surface area contributed by atoms with E-state index in [1.54, 1.807) is 0 Å². The number of carbonyl (C=O) groups excluding carboxylic acids is 1. The topological polar surface area (TPSA) is 123 Å². The van der Waals surface area contributed by atoms with Crippen molar-refractivity contribution in [1.29, 1.82) is 0 Å². The number of ether oxygens (including phenoxy) is 2. The quantitative estimate of drug-likeness (QED) is 0.183. The summed E-state index contributed by atoms with van der Waals surface area (Å²) in [4.78, 5) is 27.3. The fraction of sp³-hybridized carbons (Fsp3) is 0.364. The monoisotopic (exact) mass is 571 g/mol. The molecular formula is C33H37N3O6. The molecule has 2 heterocycles. The number of carbonyl (C=O) groups is 2. The van der Waals surface area contributed by atoms with Crippen LogP contribution in [0.5, 0.6) is 0 Å². The summed E-state index contributed by atoms with van der Waals surface area (Å²) in [7, 11) is 0. The fourth-order valence-corrected chi connectivity index (χ4v) is 5.23. The summed E-state index contributed by atoms with van der Waals surface area (Å²) in [6, 6.07) is 23.7. The van der Waals surface area contributed by atoms with Gasteiger partial charge in [-0.2, -0.15) is 0 Å². The lowest BCUT2D eigenvalue weighted by atomic mass is 9.99. The highest BCUT2D eigenvalue weighted by Crippen LogP contribution is 2.38. The minimum absolute atomic E-state index is 0.00648. The summed E-state index contributed by atoms with van der Waals surface area (Å²) in [5, 5.41) is 21.1. The van der Waals surface area contributed by atoms with E-state index in [1.165, 1.54) is 0 Å². The molecule has 4 aromatic rings. The van der Waals surface area contributed by atoms with Crippen molar-refractivity contribution in [3.8, 4) is 0 Å². The van der Waals surface area contributed by atoms with Crippen molar-refractivity contribution in [2.24, 2.45) is 0 Å². The molecular weight excluding hydrogens is 534 g/mol. The maximum absolute atomic E-state index is 12.2. The van der Waals surface area contributed by atoms with Crippen LogP contribution in [0.2, 0.25) is 0 Å². The number of nitrogens with zero attached hydrogens (tertiary/aromatic N) is 2. The Kier molecular flexibility index (Phi) is 9.97. The summed E-state index contributed by atoms with van der Waals surface area (Å²) in [6.07, 6.45) is 4.14. The van der Waals surface area contributed by atoms with Crippen molar-refractivity contribution in [3.05, 3.63) is 101 Å². The van der Waals surface area contributed by atoms with Gasteiger partial charge in [0.15, 0.2) is 6.29 Å². The van der Waals surface area contributed by atoms with Gasteiger partial charge in [-0.1, -0.05) is 67.1 Å². The predicted molar refractivity (Wildman–Crippen MR) is 157 cm³/mol. The third-order valence-electron chi connectivity index (χ3n) is 7.58. The van der Waals surface area contributed by atoms with Crippen LogP contribution in [0.4, 0.5) is 0 Å². The normalized spacial score (nSPS) is 18.6. The van der Waals surface area contributed by atoms with Gasteiger partial charge in [-0.15, -0.1) is 0 Å². The van der Waals surface area contributed by atoms with Gasteiger partial charge in [0.25, 0.3) is 0 Å². The first-order valence-corrected chi connectivity index (χ1v) is 14.5. The number of aromatic nitrogens is 2. The summed E-state index contributed by atoms with van der Waals surface area (Å²) < 4.78 is 15.1. The Bertz CT molecular complexity index is 1470. The lowest BCUT2D eigenvalue weighted by Crippen LogP contribution is -2.32. The molecule has 0 saturated carbocycles. The number of amides is 1. The minimum atomic E-state index is -0.804. The molecule has 0 spiro atoms. The number of fused-ring (bicyclic) bond motifs is 1. The summed E-state index contributed by atoms with van der Waals surface area (Å²) in [6.45, 7) is 1.04. The van der Waals surface area contributed by atoms with E-state index >= 15 is 0 Å². The molecule has 3 N–H and O–H groups in total. The van der Waals surface area contributed by atoms with E-state index in [2.05, 4.69) is 20.9 Å². The number of unbranched alkanes of at least 4 members (excludes halogenated alkanes) is 2. The largest absolute Gasteiger partial charge is 0.481 e. The standard InChI is InChI=1S/C33H37N3O6/c37-21-24-12-14-25(15-13-24)30-18-27(20-36-22-35-28-6-4-5-7-29(28)36)41-33(42-30)26-16-10-23(11-17-26)19-34-31(38)8-2-1-3-9-32(39)40/h4-7,10-17,22,27,30,33,37H,1-3,8-9,18-21H2,(H,34,38)(H,39,40)/t27-,30+,33+/m1/s1. The number of rotatable bonds is 13. The van der Waals surface area contributed by atoms with Crippen molar-refractivity contribution in [1.82, 2.24) is 14.9 Å². The lowest BCUT2D eigenvalue weighted by Gasteiger charge is -2.36. The molecule has 0 unspecified atom stereocenters. The van der Waals surface area contributed by atoms with Crippen LogP contribution < -0.4 is 5.32 Å². The maximum atomic E-state index is 12.2. The van der Waals surface area contributed by atoms with Gasteiger partial charge < -0.3 is 29.6 Å². The van der Waals surface area contributed by atoms with Crippen molar-refractivity contribution in [2.75, 3.05) is 0 Å². The zero-order valence-corrected chi connectivity index (χ0v) is 23.5. The molecule has 3 atom stereocenters. The molecule has 1 aliphatic rings. The van der Waals surface area contributed by atoms with Crippen LogP contribution in [-0.4, -0.2) is 37.7 Å². The zero-order valence-electron chi connectivity index (χ0n) is 23.5. The van der Waals surface area contributed by atoms with Crippen LogP contribution in [0.15, 0.2) is 79.1 Å². The highest BCUT2D eigenvalue weighted by atomic mass is 16.7. The van der Waals surface area contributed by atoms with Crippen molar-refractivity contribution >= 4 is 22.9 Å². The number of hydrogen-bond donors (Lipinski definition) is 3. The van der Waals surface area contributed by atoms with E-state index in [1.807, 2.05) is 73.1 Å². The first kappa shape index (κ1) is 29.4.